The molecule has 0 amide bonds. The van der Waals surface area contributed by atoms with E-state index in [2.05, 4.69) is 316 Å². The molecule has 0 atom stereocenters. The van der Waals surface area contributed by atoms with Gasteiger partial charge < -0.3 is 13.7 Å². The molecular weight excluding hydrogens is 1130 g/mol. The average Bonchev–Trinajstić information content (AvgIpc) is 1.75. The maximum absolute atomic E-state index is 6.01. The number of nitrogens with zero attached hydrogens (tertiary/aromatic N) is 5. The molecule has 0 N–H and O–H groups in total. The minimum absolute atomic E-state index is 0.894. The summed E-state index contributed by atoms with van der Waals surface area (Å²) in [5.41, 5.74) is 19.1. The van der Waals surface area contributed by atoms with Crippen LogP contribution in [-0.2, 0) is 0 Å². The van der Waals surface area contributed by atoms with Crippen molar-refractivity contribution in [2.75, 3.05) is 0 Å². The van der Waals surface area contributed by atoms with Gasteiger partial charge in [-0.2, -0.15) is 0 Å². The van der Waals surface area contributed by atoms with Gasteiger partial charge >= 0.3 is 0 Å². The van der Waals surface area contributed by atoms with Crippen molar-refractivity contribution in [3.8, 4) is 56.4 Å². The maximum Gasteiger partial charge on any atom is 0.156 e. The highest BCUT2D eigenvalue weighted by atomic mass is 32.1. The highest BCUT2D eigenvalue weighted by molar-refractivity contribution is 7.26. The third kappa shape index (κ3) is 7.21. The minimum Gasteiger partial charge on any atom is -0.309 e. The van der Waals surface area contributed by atoms with E-state index in [0.717, 1.165) is 72.0 Å². The van der Waals surface area contributed by atoms with Crippen LogP contribution in [0.2, 0.25) is 0 Å². The standard InChI is InChI=1S/C83H49N5S2/c1-9-31-71-58(21-1)59-22-2-10-32-72(59)85(71)54-39-41-78-67(47-54)64-27-7-13-35-75(64)87(78)56-45-52(50-19-17-20-51(43-50)57-29-18-30-66-65-28-8-16-38-79(65)89-81(57)66)44-53(46-56)70-49-69-68-48-55(86-73-33-11-3-23-60(73)61-24-4-12-34-74(61)86)40-42-80(68)90-82(69)83(84-70)88-76-36-14-5-25-62(76)63-26-6-15-37-77(63)88/h1-49H. The van der Waals surface area contributed by atoms with E-state index in [1.807, 2.05) is 22.7 Å². The highest BCUT2D eigenvalue weighted by Crippen LogP contribution is 2.47. The summed E-state index contributed by atoms with van der Waals surface area (Å²) in [6.07, 6.45) is 0. The summed E-state index contributed by atoms with van der Waals surface area (Å²) >= 11 is 3.71. The Morgan fingerprint density at radius 3 is 1.22 bits per heavy atom. The summed E-state index contributed by atoms with van der Waals surface area (Å²) in [6.45, 7) is 0. The molecule has 0 saturated carbocycles. The predicted octanol–water partition coefficient (Wildman–Crippen LogP) is 23.2. The van der Waals surface area contributed by atoms with E-state index in [4.69, 9.17) is 4.98 Å². The number of benzene rings is 13. The van der Waals surface area contributed by atoms with Gasteiger partial charge in [-0.3, -0.25) is 4.57 Å². The lowest BCUT2D eigenvalue weighted by Crippen LogP contribution is -2.01. The molecule has 0 aliphatic rings. The zero-order chi connectivity index (χ0) is 58.7. The number of aromatic nitrogens is 5. The van der Waals surface area contributed by atoms with Crippen molar-refractivity contribution in [3.05, 3.63) is 297 Å². The van der Waals surface area contributed by atoms with E-state index in [1.54, 1.807) is 0 Å². The molecule has 0 fully saturated rings. The topological polar surface area (TPSA) is 32.6 Å². The molecule has 0 saturated heterocycles. The first-order valence-corrected chi connectivity index (χ1v) is 32.3. The summed E-state index contributed by atoms with van der Waals surface area (Å²) in [7, 11) is 0. The summed E-state index contributed by atoms with van der Waals surface area (Å²) in [5.74, 6) is 0.916. The number of rotatable bonds is 7. The Kier molecular flexibility index (Phi) is 10.5. The SMILES string of the molecule is c1cc(-c2cc(-c3cc4c(sc5ccc(-n6c7ccccc7c7ccccc76)cc54)c(-n4c5ccccc5c5ccccc54)n3)cc(-n3c4ccccc4c4cc(-n5c6ccccc6c6ccccc65)ccc43)c2)cc(-c2cccc3c2sc2ccccc23)c1. The third-order valence-corrected chi connectivity index (χ3v) is 21.3. The Morgan fingerprint density at radius 2 is 0.633 bits per heavy atom. The lowest BCUT2D eigenvalue weighted by molar-refractivity contribution is 1.11. The highest BCUT2D eigenvalue weighted by Gasteiger charge is 2.24. The molecule has 7 aromatic heterocycles. The van der Waals surface area contributed by atoms with Gasteiger partial charge in [0.1, 0.15) is 0 Å². The lowest BCUT2D eigenvalue weighted by atomic mass is 9.95. The van der Waals surface area contributed by atoms with Crippen LogP contribution in [0.5, 0.6) is 0 Å². The summed E-state index contributed by atoms with van der Waals surface area (Å²) < 4.78 is 14.7. The van der Waals surface area contributed by atoms with Crippen LogP contribution in [0, 0.1) is 0 Å². The molecule has 0 aliphatic heterocycles. The van der Waals surface area contributed by atoms with E-state index >= 15 is 0 Å². The molecule has 0 spiro atoms. The Balaban J connectivity index is 0.863. The molecule has 0 bridgehead atoms. The minimum atomic E-state index is 0.894. The molecule has 0 unspecified atom stereocenters. The lowest BCUT2D eigenvalue weighted by Gasteiger charge is -2.16. The van der Waals surface area contributed by atoms with Crippen molar-refractivity contribution in [2.45, 2.75) is 0 Å². The summed E-state index contributed by atoms with van der Waals surface area (Å²) in [4.78, 5) is 6.01. The van der Waals surface area contributed by atoms with Gasteiger partial charge in [-0.25, -0.2) is 4.98 Å². The van der Waals surface area contributed by atoms with Crippen LogP contribution in [0.15, 0.2) is 297 Å². The van der Waals surface area contributed by atoms with Crippen molar-refractivity contribution in [2.24, 2.45) is 0 Å². The molecule has 7 heterocycles. The van der Waals surface area contributed by atoms with Crippen molar-refractivity contribution < 1.29 is 0 Å². The number of fused-ring (bicyclic) bond motifs is 18. The first-order chi connectivity index (χ1) is 44.6. The summed E-state index contributed by atoms with van der Waals surface area (Å²) in [6, 6.07) is 110. The van der Waals surface area contributed by atoms with Gasteiger partial charge in [0.05, 0.1) is 54.5 Å². The second-order valence-corrected chi connectivity index (χ2v) is 25.9. The number of para-hydroxylation sites is 7. The number of pyridine rings is 1. The van der Waals surface area contributed by atoms with Gasteiger partial charge in [-0.05, 0) is 138 Å². The van der Waals surface area contributed by atoms with Crippen molar-refractivity contribution in [1.82, 2.24) is 23.3 Å². The average molecular weight is 1180 g/mol. The van der Waals surface area contributed by atoms with Crippen LogP contribution in [0.4, 0.5) is 0 Å². The molecule has 7 heteroatoms. The Hall–Kier alpha value is -11.4. The van der Waals surface area contributed by atoms with Crippen molar-refractivity contribution in [1.29, 1.82) is 0 Å². The molecular formula is C83H49N5S2. The van der Waals surface area contributed by atoms with Gasteiger partial charge in [0.15, 0.2) is 5.82 Å². The first-order valence-electron chi connectivity index (χ1n) is 30.7. The number of thiophene rings is 2. The molecule has 20 rings (SSSR count). The molecule has 0 aliphatic carbocycles. The van der Waals surface area contributed by atoms with Gasteiger partial charge in [0.25, 0.3) is 0 Å². The fourth-order valence-corrected chi connectivity index (χ4v) is 17.4. The first kappa shape index (κ1) is 49.7. The molecule has 418 valence electrons. The van der Waals surface area contributed by atoms with Crippen LogP contribution in [0.3, 0.4) is 0 Å². The monoisotopic (exact) mass is 1180 g/mol. The van der Waals surface area contributed by atoms with Crippen LogP contribution in [-0.4, -0.2) is 23.3 Å². The van der Waals surface area contributed by atoms with Gasteiger partial charge in [-0.1, -0.05) is 182 Å². The van der Waals surface area contributed by atoms with Gasteiger partial charge in [-0.15, -0.1) is 22.7 Å². The molecule has 5 nitrogen and oxygen atoms in total. The summed E-state index contributed by atoms with van der Waals surface area (Å²) in [5, 5.41) is 14.7. The van der Waals surface area contributed by atoms with E-state index < -0.39 is 0 Å². The largest absolute Gasteiger partial charge is 0.309 e. The third-order valence-electron chi connectivity index (χ3n) is 18.9. The van der Waals surface area contributed by atoms with E-state index in [9.17, 15) is 0 Å². The number of hydrogen-bond donors (Lipinski definition) is 0. The fraction of sp³-hybridized carbons (Fsp3) is 0. The van der Waals surface area contributed by atoms with Gasteiger partial charge in [0.2, 0.25) is 0 Å². The Bertz CT molecular complexity index is 6280. The van der Waals surface area contributed by atoms with Crippen molar-refractivity contribution in [3.63, 3.8) is 0 Å². The van der Waals surface area contributed by atoms with E-state index in [0.29, 0.717) is 0 Å². The molecule has 13 aromatic carbocycles. The normalized spacial score (nSPS) is 12.2. The van der Waals surface area contributed by atoms with Crippen molar-refractivity contribution >= 4 is 150 Å². The van der Waals surface area contributed by atoms with Crippen LogP contribution in [0.25, 0.3) is 184 Å². The second-order valence-electron chi connectivity index (χ2n) is 23.8. The number of hydrogen-bond acceptors (Lipinski definition) is 3. The molecule has 0 radical (unpaired) electrons. The zero-order valence-corrected chi connectivity index (χ0v) is 50.0. The molecule has 20 aromatic rings. The van der Waals surface area contributed by atoms with Gasteiger partial charge in [0, 0.05) is 101 Å². The van der Waals surface area contributed by atoms with Crippen LogP contribution >= 0.6 is 22.7 Å². The van der Waals surface area contributed by atoms with Crippen LogP contribution < -0.4 is 0 Å². The maximum atomic E-state index is 6.01. The quantitative estimate of drug-likeness (QED) is 0.157. The Labute approximate surface area is 523 Å². The Morgan fingerprint density at radius 1 is 0.222 bits per heavy atom. The second kappa shape index (κ2) is 19.1. The van der Waals surface area contributed by atoms with E-state index in [1.165, 1.54) is 112 Å². The van der Waals surface area contributed by atoms with Crippen LogP contribution in [0.1, 0.15) is 0 Å². The smallest absolute Gasteiger partial charge is 0.156 e. The predicted molar refractivity (Wildman–Crippen MR) is 384 cm³/mol. The zero-order valence-electron chi connectivity index (χ0n) is 48.3. The fourth-order valence-electron chi connectivity index (χ4n) is 15.0. The van der Waals surface area contributed by atoms with E-state index in [-0.39, 0.29) is 0 Å². The molecule has 90 heavy (non-hydrogen) atoms.